The van der Waals surface area contributed by atoms with E-state index in [1.165, 1.54) is 0 Å². The largest absolute Gasteiger partial charge is 0.370 e. The van der Waals surface area contributed by atoms with E-state index in [1.54, 1.807) is 6.33 Å². The molecule has 1 aromatic rings. The summed E-state index contributed by atoms with van der Waals surface area (Å²) >= 11 is 0. The van der Waals surface area contributed by atoms with Crippen LogP contribution < -0.4 is 10.6 Å². The Hall–Kier alpha value is -1.32. The van der Waals surface area contributed by atoms with Crippen molar-refractivity contribution in [1.82, 2.24) is 9.97 Å². The third-order valence-electron chi connectivity index (χ3n) is 2.93. The summed E-state index contributed by atoms with van der Waals surface area (Å²) in [6.07, 6.45) is 3.83. The molecule has 0 fully saturated rings. The molecule has 2 N–H and O–H groups in total. The molecule has 96 valence electrons. The molecule has 1 heterocycles. The van der Waals surface area contributed by atoms with Gasteiger partial charge in [0.05, 0.1) is 0 Å². The molecule has 0 atom stereocenters. The molecule has 0 radical (unpaired) electrons. The van der Waals surface area contributed by atoms with Gasteiger partial charge in [0.1, 0.15) is 18.0 Å². The molecular weight excluding hydrogens is 212 g/mol. The van der Waals surface area contributed by atoms with E-state index in [1.807, 2.05) is 6.07 Å². The average molecular weight is 236 g/mol. The van der Waals surface area contributed by atoms with Crippen LogP contribution in [0.3, 0.4) is 0 Å². The number of rotatable bonds is 7. The van der Waals surface area contributed by atoms with E-state index in [4.69, 9.17) is 0 Å². The van der Waals surface area contributed by atoms with Gasteiger partial charge in [-0.05, 0) is 18.3 Å². The predicted molar refractivity (Wildman–Crippen MR) is 73.4 cm³/mol. The first-order valence-corrected chi connectivity index (χ1v) is 6.37. The van der Waals surface area contributed by atoms with Gasteiger partial charge in [-0.1, -0.05) is 27.7 Å². The Morgan fingerprint density at radius 2 is 1.76 bits per heavy atom. The standard InChI is InChI=1S/C13H24N4/c1-5-7-14-11-8-12(17-10-16-11)15-9-13(3,4)6-2/h8,10H,5-7,9H2,1-4H3,(H2,14,15,16,17). The molecule has 0 aliphatic heterocycles. The van der Waals surface area contributed by atoms with E-state index < -0.39 is 0 Å². The first-order chi connectivity index (χ1) is 8.07. The number of aromatic nitrogens is 2. The van der Waals surface area contributed by atoms with Crippen molar-refractivity contribution in [1.29, 1.82) is 0 Å². The number of nitrogens with zero attached hydrogens (tertiary/aromatic N) is 2. The maximum absolute atomic E-state index is 4.22. The summed E-state index contributed by atoms with van der Waals surface area (Å²) in [4.78, 5) is 8.40. The van der Waals surface area contributed by atoms with Crippen molar-refractivity contribution in [2.75, 3.05) is 23.7 Å². The zero-order valence-corrected chi connectivity index (χ0v) is 11.4. The molecule has 0 unspecified atom stereocenters. The second-order valence-electron chi connectivity index (χ2n) is 5.09. The smallest absolute Gasteiger partial charge is 0.131 e. The number of anilines is 2. The Bertz CT molecular complexity index is 336. The number of hydrogen-bond donors (Lipinski definition) is 2. The highest BCUT2D eigenvalue weighted by Gasteiger charge is 2.14. The normalized spacial score (nSPS) is 11.3. The summed E-state index contributed by atoms with van der Waals surface area (Å²) in [5, 5.41) is 6.62. The molecule has 4 heteroatoms. The molecule has 0 spiro atoms. The number of hydrogen-bond acceptors (Lipinski definition) is 4. The number of nitrogens with one attached hydrogen (secondary N) is 2. The van der Waals surface area contributed by atoms with Gasteiger partial charge in [-0.2, -0.15) is 0 Å². The Balaban J connectivity index is 2.53. The van der Waals surface area contributed by atoms with Gasteiger partial charge >= 0.3 is 0 Å². The summed E-state index contributed by atoms with van der Waals surface area (Å²) in [6.45, 7) is 10.7. The summed E-state index contributed by atoms with van der Waals surface area (Å²) < 4.78 is 0. The SMILES string of the molecule is CCCNc1cc(NCC(C)(C)CC)ncn1. The van der Waals surface area contributed by atoms with E-state index in [9.17, 15) is 0 Å². The first kappa shape index (κ1) is 13.7. The highest BCUT2D eigenvalue weighted by molar-refractivity contribution is 5.46. The van der Waals surface area contributed by atoms with Gasteiger partial charge in [-0.25, -0.2) is 9.97 Å². The summed E-state index contributed by atoms with van der Waals surface area (Å²) in [5.74, 6) is 1.78. The molecule has 1 aromatic heterocycles. The third kappa shape index (κ3) is 5.02. The Morgan fingerprint density at radius 1 is 1.12 bits per heavy atom. The minimum atomic E-state index is 0.294. The van der Waals surface area contributed by atoms with E-state index in [2.05, 4.69) is 48.3 Å². The van der Waals surface area contributed by atoms with E-state index in [0.717, 1.165) is 37.6 Å². The molecule has 0 saturated carbocycles. The fraction of sp³-hybridized carbons (Fsp3) is 0.692. The third-order valence-corrected chi connectivity index (χ3v) is 2.93. The first-order valence-electron chi connectivity index (χ1n) is 6.37. The van der Waals surface area contributed by atoms with Gasteiger partial charge in [0.2, 0.25) is 0 Å². The predicted octanol–water partition coefficient (Wildman–Crippen LogP) is 3.15. The van der Waals surface area contributed by atoms with Crippen molar-refractivity contribution >= 4 is 11.6 Å². The molecule has 0 saturated heterocycles. The second kappa shape index (κ2) is 6.42. The topological polar surface area (TPSA) is 49.8 Å². The molecular formula is C13H24N4. The van der Waals surface area contributed by atoms with E-state index in [0.29, 0.717) is 5.41 Å². The zero-order chi connectivity index (χ0) is 12.7. The van der Waals surface area contributed by atoms with Crippen molar-refractivity contribution in [3.8, 4) is 0 Å². The Kier molecular flexibility index (Phi) is 5.19. The summed E-state index contributed by atoms with van der Waals surface area (Å²) in [5.41, 5.74) is 0.294. The Morgan fingerprint density at radius 3 is 2.35 bits per heavy atom. The lowest BCUT2D eigenvalue weighted by molar-refractivity contribution is 0.376. The Labute approximate surface area is 104 Å². The summed E-state index contributed by atoms with van der Waals surface area (Å²) in [7, 11) is 0. The summed E-state index contributed by atoms with van der Waals surface area (Å²) in [6, 6.07) is 1.96. The van der Waals surface area contributed by atoms with Gasteiger partial charge < -0.3 is 10.6 Å². The molecule has 4 nitrogen and oxygen atoms in total. The highest BCUT2D eigenvalue weighted by Crippen LogP contribution is 2.20. The maximum atomic E-state index is 4.22. The van der Waals surface area contributed by atoms with Crippen LogP contribution in [-0.2, 0) is 0 Å². The monoisotopic (exact) mass is 236 g/mol. The fourth-order valence-electron chi connectivity index (χ4n) is 1.26. The van der Waals surface area contributed by atoms with Crippen LogP contribution >= 0.6 is 0 Å². The van der Waals surface area contributed by atoms with Crippen molar-refractivity contribution in [2.45, 2.75) is 40.5 Å². The lowest BCUT2D eigenvalue weighted by Gasteiger charge is -2.23. The molecule has 0 aliphatic carbocycles. The van der Waals surface area contributed by atoms with Crippen LogP contribution in [0.5, 0.6) is 0 Å². The zero-order valence-electron chi connectivity index (χ0n) is 11.4. The van der Waals surface area contributed by atoms with Crippen LogP contribution in [0.25, 0.3) is 0 Å². The highest BCUT2D eigenvalue weighted by atomic mass is 15.1. The second-order valence-corrected chi connectivity index (χ2v) is 5.09. The van der Waals surface area contributed by atoms with Gasteiger partial charge in [-0.15, -0.1) is 0 Å². The van der Waals surface area contributed by atoms with Crippen molar-refractivity contribution in [3.63, 3.8) is 0 Å². The lowest BCUT2D eigenvalue weighted by Crippen LogP contribution is -2.22. The van der Waals surface area contributed by atoms with Gasteiger partial charge in [0.25, 0.3) is 0 Å². The quantitative estimate of drug-likeness (QED) is 0.763. The van der Waals surface area contributed by atoms with Gasteiger partial charge in [0.15, 0.2) is 0 Å². The van der Waals surface area contributed by atoms with Crippen LogP contribution in [0.2, 0.25) is 0 Å². The molecule has 0 amide bonds. The lowest BCUT2D eigenvalue weighted by atomic mass is 9.90. The molecule has 0 bridgehead atoms. The van der Waals surface area contributed by atoms with Crippen molar-refractivity contribution < 1.29 is 0 Å². The van der Waals surface area contributed by atoms with E-state index in [-0.39, 0.29) is 0 Å². The van der Waals surface area contributed by atoms with Crippen LogP contribution in [-0.4, -0.2) is 23.1 Å². The van der Waals surface area contributed by atoms with Crippen LogP contribution in [0, 0.1) is 5.41 Å². The minimum absolute atomic E-state index is 0.294. The van der Waals surface area contributed by atoms with Crippen LogP contribution in [0.4, 0.5) is 11.6 Å². The fourth-order valence-corrected chi connectivity index (χ4v) is 1.26. The van der Waals surface area contributed by atoms with Crippen molar-refractivity contribution in [3.05, 3.63) is 12.4 Å². The minimum Gasteiger partial charge on any atom is -0.370 e. The van der Waals surface area contributed by atoms with Crippen molar-refractivity contribution in [2.24, 2.45) is 5.41 Å². The average Bonchev–Trinajstić information content (AvgIpc) is 2.35. The van der Waals surface area contributed by atoms with Crippen LogP contribution in [0.15, 0.2) is 12.4 Å². The van der Waals surface area contributed by atoms with Gasteiger partial charge in [0, 0.05) is 19.2 Å². The molecule has 1 rings (SSSR count). The van der Waals surface area contributed by atoms with Crippen LogP contribution in [0.1, 0.15) is 40.5 Å². The van der Waals surface area contributed by atoms with Gasteiger partial charge in [-0.3, -0.25) is 0 Å². The molecule has 0 aromatic carbocycles. The maximum Gasteiger partial charge on any atom is 0.131 e. The molecule has 0 aliphatic rings. The molecule has 17 heavy (non-hydrogen) atoms. The van der Waals surface area contributed by atoms with E-state index >= 15 is 0 Å².